The number of hydrogen-bond donors (Lipinski definition) is 0. The van der Waals surface area contributed by atoms with Gasteiger partial charge in [-0.25, -0.2) is 13.6 Å². The molecular weight excluding hydrogens is 365 g/mol. The molecule has 134 valence electrons. The Morgan fingerprint density at radius 1 is 0.923 bits per heavy atom. The number of amides is 2. The molecule has 0 saturated carbocycles. The Bertz CT molecular complexity index is 896. The molecule has 2 aromatic carbocycles. The van der Waals surface area contributed by atoms with Crippen LogP contribution < -0.4 is 0 Å². The highest BCUT2D eigenvalue weighted by Crippen LogP contribution is 2.32. The van der Waals surface area contributed by atoms with Gasteiger partial charge in [0, 0.05) is 0 Å². The number of nitrogens with zero attached hydrogens (tertiary/aromatic N) is 1. The fraction of sp³-hybridized carbons (Fsp3) is 0.0625. The van der Waals surface area contributed by atoms with E-state index < -0.39 is 46.7 Å². The van der Waals surface area contributed by atoms with Crippen LogP contribution in [0.3, 0.4) is 0 Å². The molecule has 1 aliphatic rings. The van der Waals surface area contributed by atoms with Gasteiger partial charge in [0.15, 0.2) is 0 Å². The number of carbonyl (C=O) groups excluding carboxylic acids is 3. The first kappa shape index (κ1) is 17.5. The van der Waals surface area contributed by atoms with Crippen LogP contribution in [0, 0.1) is 11.6 Å². The van der Waals surface area contributed by atoms with Gasteiger partial charge < -0.3 is 4.84 Å². The van der Waals surface area contributed by atoms with E-state index in [2.05, 4.69) is 4.84 Å². The van der Waals surface area contributed by atoms with Crippen LogP contribution in [-0.4, -0.2) is 22.8 Å². The molecule has 0 aliphatic carbocycles. The molecule has 0 unspecified atom stereocenters. The number of imide groups is 1. The van der Waals surface area contributed by atoms with E-state index in [9.17, 15) is 36.3 Å². The predicted molar refractivity (Wildman–Crippen MR) is 73.7 cm³/mol. The lowest BCUT2D eigenvalue weighted by atomic mass is 10.1. The molecular formula is C16H6F5NO4. The molecule has 1 heterocycles. The Hall–Kier alpha value is -3.30. The molecule has 1 aliphatic heterocycles. The summed E-state index contributed by atoms with van der Waals surface area (Å²) >= 11 is 0. The van der Waals surface area contributed by atoms with Gasteiger partial charge in [0.25, 0.3) is 11.8 Å². The van der Waals surface area contributed by atoms with Crippen molar-refractivity contribution in [1.29, 1.82) is 0 Å². The number of alkyl halides is 3. The fourth-order valence-electron chi connectivity index (χ4n) is 2.31. The first-order valence-electron chi connectivity index (χ1n) is 6.87. The van der Waals surface area contributed by atoms with Crippen LogP contribution in [0.5, 0.6) is 0 Å². The Morgan fingerprint density at radius 3 is 1.81 bits per heavy atom. The lowest BCUT2D eigenvalue weighted by molar-refractivity contribution is -0.138. The van der Waals surface area contributed by atoms with Gasteiger partial charge in [0.05, 0.1) is 16.7 Å². The summed E-state index contributed by atoms with van der Waals surface area (Å²) in [5, 5.41) is -0.0104. The van der Waals surface area contributed by atoms with Crippen LogP contribution in [0.1, 0.15) is 36.6 Å². The van der Waals surface area contributed by atoms with Gasteiger partial charge in [0.2, 0.25) is 0 Å². The number of benzene rings is 2. The van der Waals surface area contributed by atoms with Gasteiger partial charge in [-0.05, 0) is 24.3 Å². The van der Waals surface area contributed by atoms with Crippen molar-refractivity contribution in [3.63, 3.8) is 0 Å². The van der Waals surface area contributed by atoms with Gasteiger partial charge in [-0.1, -0.05) is 17.2 Å². The second kappa shape index (κ2) is 5.90. The van der Waals surface area contributed by atoms with Gasteiger partial charge >= 0.3 is 12.1 Å². The second-order valence-electron chi connectivity index (χ2n) is 5.14. The normalized spacial score (nSPS) is 13.8. The number of halogens is 5. The van der Waals surface area contributed by atoms with Crippen LogP contribution >= 0.6 is 0 Å². The quantitative estimate of drug-likeness (QED) is 0.600. The van der Waals surface area contributed by atoms with E-state index in [1.165, 1.54) is 24.3 Å². The molecule has 3 rings (SSSR count). The third-order valence-corrected chi connectivity index (χ3v) is 3.50. The number of fused-ring (bicyclic) bond motifs is 1. The maximum Gasteiger partial charge on any atom is 0.416 e. The van der Waals surface area contributed by atoms with Crippen molar-refractivity contribution in [3.05, 3.63) is 70.3 Å². The van der Waals surface area contributed by atoms with Gasteiger partial charge in [0.1, 0.15) is 17.2 Å². The van der Waals surface area contributed by atoms with E-state index in [0.29, 0.717) is 0 Å². The molecule has 0 spiro atoms. The van der Waals surface area contributed by atoms with Crippen LogP contribution in [0.15, 0.2) is 36.4 Å². The minimum Gasteiger partial charge on any atom is -0.324 e. The first-order valence-corrected chi connectivity index (χ1v) is 6.87. The minimum atomic E-state index is -5.04. The first-order chi connectivity index (χ1) is 12.1. The van der Waals surface area contributed by atoms with E-state index in [1.807, 2.05) is 0 Å². The van der Waals surface area contributed by atoms with Crippen LogP contribution in [0.4, 0.5) is 22.0 Å². The molecule has 0 fully saturated rings. The van der Waals surface area contributed by atoms with Crippen LogP contribution in [0.2, 0.25) is 0 Å². The predicted octanol–water partition coefficient (Wildman–Crippen LogP) is 3.35. The van der Waals surface area contributed by atoms with Gasteiger partial charge in [-0.3, -0.25) is 9.59 Å². The molecule has 0 N–H and O–H groups in total. The van der Waals surface area contributed by atoms with Crippen molar-refractivity contribution in [1.82, 2.24) is 5.06 Å². The zero-order valence-electron chi connectivity index (χ0n) is 12.4. The van der Waals surface area contributed by atoms with E-state index in [0.717, 1.165) is 0 Å². The van der Waals surface area contributed by atoms with Crippen molar-refractivity contribution < 1.29 is 41.2 Å². The Morgan fingerprint density at radius 2 is 1.38 bits per heavy atom. The smallest absolute Gasteiger partial charge is 0.324 e. The summed E-state index contributed by atoms with van der Waals surface area (Å²) < 4.78 is 65.1. The summed E-state index contributed by atoms with van der Waals surface area (Å²) in [6.45, 7) is 0. The summed E-state index contributed by atoms with van der Waals surface area (Å²) in [6, 6.07) is 5.21. The maximum atomic E-state index is 13.8. The van der Waals surface area contributed by atoms with Crippen molar-refractivity contribution in [2.24, 2.45) is 0 Å². The highest BCUT2D eigenvalue weighted by molar-refractivity contribution is 6.21. The zero-order valence-corrected chi connectivity index (χ0v) is 12.4. The SMILES string of the molecule is O=C(ON1C(=O)c2ccccc2C1=O)c1c(F)cc(C(F)(F)F)cc1F. The topological polar surface area (TPSA) is 63.7 Å². The summed E-state index contributed by atoms with van der Waals surface area (Å²) in [5.41, 5.74) is -3.31. The average molecular weight is 371 g/mol. The van der Waals surface area contributed by atoms with Gasteiger partial charge in [-0.15, -0.1) is 0 Å². The number of hydroxylamine groups is 2. The molecule has 5 nitrogen and oxygen atoms in total. The summed E-state index contributed by atoms with van der Waals surface area (Å²) in [4.78, 5) is 40.4. The highest BCUT2D eigenvalue weighted by atomic mass is 19.4. The standard InChI is InChI=1S/C16H6F5NO4/c17-10-5-7(16(19,20)21)6-11(18)12(10)15(25)26-22-13(23)8-3-1-2-4-9(8)14(22)24/h1-6H. The highest BCUT2D eigenvalue weighted by Gasteiger charge is 2.40. The monoisotopic (exact) mass is 371 g/mol. The molecule has 26 heavy (non-hydrogen) atoms. The van der Waals surface area contributed by atoms with E-state index in [1.54, 1.807) is 0 Å². The molecule has 0 saturated heterocycles. The van der Waals surface area contributed by atoms with E-state index >= 15 is 0 Å². The Balaban J connectivity index is 1.91. The molecule has 2 aromatic rings. The lowest BCUT2D eigenvalue weighted by Gasteiger charge is -2.14. The molecule has 0 aromatic heterocycles. The Kier molecular flexibility index (Phi) is 3.98. The molecule has 0 radical (unpaired) electrons. The average Bonchev–Trinajstić information content (AvgIpc) is 2.79. The van der Waals surface area contributed by atoms with Crippen molar-refractivity contribution in [2.75, 3.05) is 0 Å². The lowest BCUT2D eigenvalue weighted by Crippen LogP contribution is -2.33. The number of rotatable bonds is 2. The van der Waals surface area contributed by atoms with Crippen LogP contribution in [-0.2, 0) is 11.0 Å². The zero-order chi connectivity index (χ0) is 19.2. The van der Waals surface area contributed by atoms with Gasteiger partial charge in [-0.2, -0.15) is 13.2 Å². The summed E-state index contributed by atoms with van der Waals surface area (Å²) in [5.74, 6) is -7.63. The van der Waals surface area contributed by atoms with Crippen molar-refractivity contribution in [3.8, 4) is 0 Å². The van der Waals surface area contributed by atoms with Crippen molar-refractivity contribution in [2.45, 2.75) is 6.18 Å². The number of hydrogen-bond acceptors (Lipinski definition) is 4. The van der Waals surface area contributed by atoms with Crippen molar-refractivity contribution >= 4 is 17.8 Å². The molecule has 0 atom stereocenters. The number of carbonyl (C=O) groups is 3. The van der Waals surface area contributed by atoms with E-state index in [4.69, 9.17) is 0 Å². The molecule has 0 bridgehead atoms. The molecule has 2 amide bonds. The maximum absolute atomic E-state index is 13.8. The third kappa shape index (κ3) is 2.79. The second-order valence-corrected chi connectivity index (χ2v) is 5.14. The van der Waals surface area contributed by atoms with E-state index in [-0.39, 0.29) is 28.3 Å². The largest absolute Gasteiger partial charge is 0.416 e. The Labute approximate surface area is 141 Å². The molecule has 10 heteroatoms. The van der Waals surface area contributed by atoms with Crippen LogP contribution in [0.25, 0.3) is 0 Å². The minimum absolute atomic E-state index is 0.0104. The summed E-state index contributed by atoms with van der Waals surface area (Å²) in [7, 11) is 0. The third-order valence-electron chi connectivity index (χ3n) is 3.50. The fourth-order valence-corrected chi connectivity index (χ4v) is 2.31. The summed E-state index contributed by atoms with van der Waals surface area (Å²) in [6.07, 6.45) is -5.04.